The lowest BCUT2D eigenvalue weighted by Crippen LogP contribution is -2.27. The molecule has 0 aliphatic carbocycles. The number of aromatic nitrogens is 1. The molecule has 5 nitrogen and oxygen atoms in total. The van der Waals surface area contributed by atoms with E-state index in [0.717, 1.165) is 18.0 Å². The van der Waals surface area contributed by atoms with Crippen LogP contribution in [0.25, 0.3) is 0 Å². The van der Waals surface area contributed by atoms with E-state index in [-0.39, 0.29) is 6.03 Å². The van der Waals surface area contributed by atoms with Crippen LogP contribution < -0.4 is 5.32 Å². The van der Waals surface area contributed by atoms with Crippen molar-refractivity contribution in [1.82, 2.24) is 15.2 Å². The van der Waals surface area contributed by atoms with Crippen LogP contribution in [0.3, 0.4) is 0 Å². The third-order valence-electron chi connectivity index (χ3n) is 2.34. The van der Waals surface area contributed by atoms with E-state index in [1.165, 1.54) is 0 Å². The van der Waals surface area contributed by atoms with Gasteiger partial charge in [-0.05, 0) is 13.8 Å². The number of amides is 2. The third kappa shape index (κ3) is 1.57. The molecule has 0 bridgehead atoms. The van der Waals surface area contributed by atoms with Crippen LogP contribution in [0, 0.1) is 13.8 Å². The largest absolute Gasteiger partial charge is 0.444 e. The minimum atomic E-state index is -0.0430. The Morgan fingerprint density at radius 1 is 1.57 bits per heavy atom. The minimum Gasteiger partial charge on any atom is -0.444 e. The molecule has 1 fully saturated rings. The number of nitrogens with zero attached hydrogens (tertiary/aromatic N) is 2. The van der Waals surface area contributed by atoms with Crippen molar-refractivity contribution in [2.24, 2.45) is 0 Å². The molecule has 1 N–H and O–H groups in total. The number of carbonyl (C=O) groups excluding carboxylic acids is 1. The maximum Gasteiger partial charge on any atom is 0.317 e. The monoisotopic (exact) mass is 195 g/mol. The standard InChI is InChI=1S/C9H13N3O2/c1-6-7(2)14-8(11-6)5-12-4-3-10-9(12)13/h3-5H2,1-2H3,(H,10,13). The van der Waals surface area contributed by atoms with Gasteiger partial charge in [-0.25, -0.2) is 9.78 Å². The van der Waals surface area contributed by atoms with Gasteiger partial charge in [0.05, 0.1) is 12.2 Å². The summed E-state index contributed by atoms with van der Waals surface area (Å²) in [4.78, 5) is 17.1. The highest BCUT2D eigenvalue weighted by Crippen LogP contribution is 2.11. The predicted molar refractivity (Wildman–Crippen MR) is 49.8 cm³/mol. The van der Waals surface area contributed by atoms with Crippen LogP contribution in [0.4, 0.5) is 4.79 Å². The number of oxazole rings is 1. The molecule has 5 heteroatoms. The third-order valence-corrected chi connectivity index (χ3v) is 2.34. The Hall–Kier alpha value is -1.52. The van der Waals surface area contributed by atoms with Gasteiger partial charge < -0.3 is 14.6 Å². The zero-order valence-corrected chi connectivity index (χ0v) is 8.33. The fourth-order valence-electron chi connectivity index (χ4n) is 1.43. The van der Waals surface area contributed by atoms with Crippen LogP contribution in [-0.2, 0) is 6.54 Å². The number of hydrogen-bond donors (Lipinski definition) is 1. The van der Waals surface area contributed by atoms with E-state index < -0.39 is 0 Å². The van der Waals surface area contributed by atoms with E-state index in [0.29, 0.717) is 19.0 Å². The first-order valence-corrected chi connectivity index (χ1v) is 4.62. The van der Waals surface area contributed by atoms with Gasteiger partial charge in [-0.3, -0.25) is 0 Å². The van der Waals surface area contributed by atoms with Gasteiger partial charge in [0.1, 0.15) is 5.76 Å². The Morgan fingerprint density at radius 3 is 2.86 bits per heavy atom. The van der Waals surface area contributed by atoms with Crippen molar-refractivity contribution < 1.29 is 9.21 Å². The van der Waals surface area contributed by atoms with Crippen molar-refractivity contribution in [2.45, 2.75) is 20.4 Å². The topological polar surface area (TPSA) is 58.4 Å². The number of hydrogen-bond acceptors (Lipinski definition) is 3. The second kappa shape index (κ2) is 3.32. The summed E-state index contributed by atoms with van der Waals surface area (Å²) in [7, 11) is 0. The van der Waals surface area contributed by atoms with E-state index in [2.05, 4.69) is 10.3 Å². The molecule has 0 radical (unpaired) electrons. The van der Waals surface area contributed by atoms with Gasteiger partial charge in [0.25, 0.3) is 0 Å². The number of rotatable bonds is 2. The molecule has 2 heterocycles. The van der Waals surface area contributed by atoms with Gasteiger partial charge in [0.15, 0.2) is 0 Å². The van der Waals surface area contributed by atoms with Gasteiger partial charge in [0, 0.05) is 13.1 Å². The highest BCUT2D eigenvalue weighted by atomic mass is 16.4. The van der Waals surface area contributed by atoms with E-state index in [1.807, 2.05) is 13.8 Å². The second-order valence-electron chi connectivity index (χ2n) is 3.40. The van der Waals surface area contributed by atoms with E-state index in [9.17, 15) is 4.79 Å². The SMILES string of the molecule is Cc1nc(CN2CCNC2=O)oc1C. The molecule has 14 heavy (non-hydrogen) atoms. The van der Waals surface area contributed by atoms with Crippen molar-refractivity contribution in [2.75, 3.05) is 13.1 Å². The minimum absolute atomic E-state index is 0.0430. The summed E-state index contributed by atoms with van der Waals surface area (Å²) in [5, 5.41) is 2.73. The molecule has 0 aromatic carbocycles. The van der Waals surface area contributed by atoms with Crippen molar-refractivity contribution in [3.63, 3.8) is 0 Å². The Balaban J connectivity index is 2.07. The second-order valence-corrected chi connectivity index (χ2v) is 3.40. The molecule has 1 aromatic heterocycles. The number of nitrogens with one attached hydrogen (secondary N) is 1. The van der Waals surface area contributed by atoms with Gasteiger partial charge in [-0.15, -0.1) is 0 Å². The fourth-order valence-corrected chi connectivity index (χ4v) is 1.43. The molecule has 1 saturated heterocycles. The molecular weight excluding hydrogens is 182 g/mol. The lowest BCUT2D eigenvalue weighted by Gasteiger charge is -2.10. The van der Waals surface area contributed by atoms with Gasteiger partial charge in [0.2, 0.25) is 5.89 Å². The van der Waals surface area contributed by atoms with Crippen molar-refractivity contribution >= 4 is 6.03 Å². The van der Waals surface area contributed by atoms with E-state index in [4.69, 9.17) is 4.42 Å². The summed E-state index contributed by atoms with van der Waals surface area (Å²) >= 11 is 0. The first-order valence-electron chi connectivity index (χ1n) is 4.62. The quantitative estimate of drug-likeness (QED) is 0.760. The molecule has 1 aliphatic heterocycles. The normalized spacial score (nSPS) is 16.1. The highest BCUT2D eigenvalue weighted by Gasteiger charge is 2.21. The molecule has 76 valence electrons. The Bertz CT molecular complexity index is 339. The molecule has 0 atom stereocenters. The lowest BCUT2D eigenvalue weighted by atomic mass is 10.4. The molecule has 1 aliphatic rings. The molecule has 0 unspecified atom stereocenters. The Kier molecular flexibility index (Phi) is 2.15. The summed E-state index contributed by atoms with van der Waals surface area (Å²) in [5.74, 6) is 1.43. The summed E-state index contributed by atoms with van der Waals surface area (Å²) in [6.07, 6.45) is 0. The molecule has 2 rings (SSSR count). The zero-order valence-electron chi connectivity index (χ0n) is 8.33. The summed E-state index contributed by atoms with van der Waals surface area (Å²) in [6, 6.07) is -0.0430. The van der Waals surface area contributed by atoms with Gasteiger partial charge in [-0.2, -0.15) is 0 Å². The van der Waals surface area contributed by atoms with Crippen LogP contribution in [0.1, 0.15) is 17.3 Å². The highest BCUT2D eigenvalue weighted by molar-refractivity contribution is 5.75. The van der Waals surface area contributed by atoms with Crippen LogP contribution in [0.5, 0.6) is 0 Å². The van der Waals surface area contributed by atoms with Crippen molar-refractivity contribution in [3.05, 3.63) is 17.3 Å². The van der Waals surface area contributed by atoms with Gasteiger partial charge in [-0.1, -0.05) is 0 Å². The van der Waals surface area contributed by atoms with Crippen LogP contribution in [-0.4, -0.2) is 29.0 Å². The molecule has 1 aromatic rings. The summed E-state index contributed by atoms with van der Waals surface area (Å²) < 4.78 is 5.39. The summed E-state index contributed by atoms with van der Waals surface area (Å²) in [5.41, 5.74) is 0.889. The first kappa shape index (κ1) is 9.05. The van der Waals surface area contributed by atoms with Crippen molar-refractivity contribution in [1.29, 1.82) is 0 Å². The first-order chi connectivity index (χ1) is 6.66. The number of aryl methyl sites for hydroxylation is 2. The van der Waals surface area contributed by atoms with Gasteiger partial charge >= 0.3 is 6.03 Å². The van der Waals surface area contributed by atoms with Crippen molar-refractivity contribution in [3.8, 4) is 0 Å². The molecular formula is C9H13N3O2. The fraction of sp³-hybridized carbons (Fsp3) is 0.556. The molecule has 0 saturated carbocycles. The van der Waals surface area contributed by atoms with Crippen LogP contribution in [0.2, 0.25) is 0 Å². The van der Waals surface area contributed by atoms with Crippen LogP contribution >= 0.6 is 0 Å². The Labute approximate surface area is 82.1 Å². The molecule has 0 spiro atoms. The zero-order chi connectivity index (χ0) is 10.1. The maximum absolute atomic E-state index is 11.2. The predicted octanol–water partition coefficient (Wildman–Crippen LogP) is 0.817. The Morgan fingerprint density at radius 2 is 2.36 bits per heavy atom. The number of carbonyl (C=O) groups is 1. The summed E-state index contributed by atoms with van der Waals surface area (Å²) in [6.45, 7) is 5.65. The van der Waals surface area contributed by atoms with E-state index in [1.54, 1.807) is 4.90 Å². The molecule has 2 amide bonds. The maximum atomic E-state index is 11.2. The average molecular weight is 195 g/mol. The van der Waals surface area contributed by atoms with Crippen LogP contribution in [0.15, 0.2) is 4.42 Å². The average Bonchev–Trinajstić information content (AvgIpc) is 2.63. The number of urea groups is 1. The lowest BCUT2D eigenvalue weighted by molar-refractivity contribution is 0.210. The van der Waals surface area contributed by atoms with E-state index >= 15 is 0 Å². The smallest absolute Gasteiger partial charge is 0.317 e.